The van der Waals surface area contributed by atoms with Crippen LogP contribution >= 0.6 is 11.1 Å². The van der Waals surface area contributed by atoms with Crippen LogP contribution in [0.4, 0.5) is 0 Å². The van der Waals surface area contributed by atoms with Gasteiger partial charge in [-0.2, -0.15) is 11.1 Å². The maximum absolute atomic E-state index is 5.70. The zero-order valence-electron chi connectivity index (χ0n) is 6.76. The predicted octanol–water partition coefficient (Wildman–Crippen LogP) is 0.493. The molecule has 11 heavy (non-hydrogen) atoms. The number of ether oxygens (including phenoxy) is 1. The molecule has 0 amide bonds. The Morgan fingerprint density at radius 1 is 1.64 bits per heavy atom. The van der Waals surface area contributed by atoms with Crippen LogP contribution in [0, 0.1) is 0 Å². The Kier molecular flexibility index (Phi) is 5.36. The van der Waals surface area contributed by atoms with Gasteiger partial charge in [-0.05, 0) is 25.3 Å². The molecule has 0 N–H and O–H groups in total. The van der Waals surface area contributed by atoms with E-state index >= 15 is 0 Å². The van der Waals surface area contributed by atoms with Gasteiger partial charge in [0.25, 0.3) is 0 Å². The van der Waals surface area contributed by atoms with Gasteiger partial charge >= 0.3 is 0 Å². The first kappa shape index (κ1) is 9.64. The molecular formula is C7H15ClOSi2. The highest BCUT2D eigenvalue weighted by molar-refractivity contribution is 6.95. The van der Waals surface area contributed by atoms with Crippen LogP contribution in [0.15, 0.2) is 0 Å². The van der Waals surface area contributed by atoms with Gasteiger partial charge in [-0.3, -0.25) is 0 Å². The maximum Gasteiger partial charge on any atom is 0.128 e. The second kappa shape index (κ2) is 6.11. The van der Waals surface area contributed by atoms with Crippen LogP contribution in [0.25, 0.3) is 0 Å². The Morgan fingerprint density at radius 2 is 2.55 bits per heavy atom. The van der Waals surface area contributed by atoms with Crippen molar-refractivity contribution in [3.8, 4) is 0 Å². The monoisotopic (exact) mass is 206 g/mol. The molecule has 1 rings (SSSR count). The van der Waals surface area contributed by atoms with Crippen molar-refractivity contribution in [3.63, 3.8) is 0 Å². The summed E-state index contributed by atoms with van der Waals surface area (Å²) < 4.78 is 5.60. The van der Waals surface area contributed by atoms with E-state index in [-0.39, 0.29) is 8.83 Å². The Labute approximate surface area is 77.4 Å². The molecule has 0 aromatic heterocycles. The Morgan fingerprint density at radius 3 is 3.18 bits per heavy atom. The third-order valence-corrected chi connectivity index (χ3v) is 5.27. The van der Waals surface area contributed by atoms with Crippen LogP contribution in [0.5, 0.6) is 0 Å². The molecule has 0 aliphatic carbocycles. The number of hydrogen-bond acceptors (Lipinski definition) is 1. The van der Waals surface area contributed by atoms with Crippen LogP contribution < -0.4 is 0 Å². The molecule has 4 heteroatoms. The summed E-state index contributed by atoms with van der Waals surface area (Å²) in [4.78, 5) is 0. The van der Waals surface area contributed by atoms with Gasteiger partial charge < -0.3 is 4.74 Å². The normalized spacial score (nSPS) is 27.2. The topological polar surface area (TPSA) is 9.23 Å². The molecule has 1 atom stereocenters. The van der Waals surface area contributed by atoms with E-state index in [1.807, 2.05) is 0 Å². The van der Waals surface area contributed by atoms with Gasteiger partial charge in [-0.15, -0.1) is 5.67 Å². The second-order valence-electron chi connectivity index (χ2n) is 2.81. The molecular weight excluding hydrogens is 192 g/mol. The third-order valence-electron chi connectivity index (χ3n) is 1.84. The minimum Gasteiger partial charge on any atom is -0.378 e. The van der Waals surface area contributed by atoms with Crippen LogP contribution in [-0.2, 0) is 4.74 Å². The first-order valence-electron chi connectivity index (χ1n) is 4.27. The molecule has 1 heterocycles. The summed E-state index contributed by atoms with van der Waals surface area (Å²) in [6, 6.07) is 1.19. The summed E-state index contributed by atoms with van der Waals surface area (Å²) in [6.45, 7) is 0.990. The second-order valence-corrected chi connectivity index (χ2v) is 6.50. The van der Waals surface area contributed by atoms with Crippen LogP contribution in [0.3, 0.4) is 0 Å². The zero-order chi connectivity index (χ0) is 7.94. The third kappa shape index (κ3) is 4.20. The minimum atomic E-state index is -0.251. The first-order chi connectivity index (χ1) is 5.43. The van der Waals surface area contributed by atoms with Crippen LogP contribution in [-0.4, -0.2) is 36.0 Å². The quantitative estimate of drug-likeness (QED) is 0.483. The number of rotatable bonds is 3. The number of halogens is 1. The van der Waals surface area contributed by atoms with E-state index < -0.39 is 0 Å². The molecule has 1 aliphatic heterocycles. The van der Waals surface area contributed by atoms with E-state index in [0.29, 0.717) is 14.9 Å². The van der Waals surface area contributed by atoms with Gasteiger partial charge in [0.1, 0.15) is 8.83 Å². The summed E-state index contributed by atoms with van der Waals surface area (Å²) in [5.74, 6) is 0. The van der Waals surface area contributed by atoms with E-state index in [1.54, 1.807) is 0 Å². The van der Waals surface area contributed by atoms with E-state index in [1.165, 1.54) is 25.3 Å². The van der Waals surface area contributed by atoms with E-state index in [2.05, 4.69) is 5.67 Å². The lowest BCUT2D eigenvalue weighted by Gasteiger charge is -2.18. The average molecular weight is 207 g/mol. The Hall–Kier alpha value is 0.554. The Balaban J connectivity index is 2.13. The summed E-state index contributed by atoms with van der Waals surface area (Å²) >= 11 is 5.70. The van der Waals surface area contributed by atoms with Gasteiger partial charge in [-0.25, -0.2) is 0 Å². The fourth-order valence-corrected chi connectivity index (χ4v) is 4.61. The van der Waals surface area contributed by atoms with Crippen molar-refractivity contribution in [1.82, 2.24) is 0 Å². The largest absolute Gasteiger partial charge is 0.378 e. The molecule has 64 valence electrons. The molecule has 1 aliphatic rings. The van der Waals surface area contributed by atoms with Crippen LogP contribution in [0.1, 0.15) is 19.3 Å². The smallest absolute Gasteiger partial charge is 0.128 e. The minimum absolute atomic E-state index is 0.251. The highest BCUT2D eigenvalue weighted by Crippen LogP contribution is 2.09. The van der Waals surface area contributed by atoms with E-state index in [0.717, 1.165) is 6.61 Å². The summed E-state index contributed by atoms with van der Waals surface area (Å²) in [5.41, 5.74) is 2.98. The van der Waals surface area contributed by atoms with Gasteiger partial charge in [0.05, 0.1) is 5.73 Å². The van der Waals surface area contributed by atoms with Crippen molar-refractivity contribution in [3.05, 3.63) is 0 Å². The molecule has 0 saturated carbocycles. The molecule has 1 saturated heterocycles. The van der Waals surface area contributed by atoms with Gasteiger partial charge in [0, 0.05) is 15.7 Å². The van der Waals surface area contributed by atoms with Crippen molar-refractivity contribution in [2.75, 3.05) is 6.61 Å². The lowest BCUT2D eigenvalue weighted by Crippen LogP contribution is -2.22. The molecule has 0 bridgehead atoms. The first-order valence-corrected chi connectivity index (χ1v) is 8.75. The lowest BCUT2D eigenvalue weighted by molar-refractivity contribution is 0.0669. The predicted molar refractivity (Wildman–Crippen MR) is 56.0 cm³/mol. The van der Waals surface area contributed by atoms with Crippen molar-refractivity contribution < 1.29 is 4.74 Å². The van der Waals surface area contributed by atoms with Crippen molar-refractivity contribution >= 4 is 34.7 Å². The zero-order valence-corrected chi connectivity index (χ0v) is 10.1. The standard InChI is InChI=1S/C7H15ClOSi2/c8-11-6-5-10-7-3-1-2-4-9-7/h5,7,10H,1-4,6,11H2. The fourth-order valence-electron chi connectivity index (χ4n) is 1.23. The van der Waals surface area contributed by atoms with Gasteiger partial charge in [0.15, 0.2) is 0 Å². The SMILES string of the molecule is Cl[SiH2]CC=[SiH]C1CCCCO1. The Bertz CT molecular complexity index is 124. The van der Waals surface area contributed by atoms with Gasteiger partial charge in [0.2, 0.25) is 0 Å². The molecule has 1 fully saturated rings. The molecule has 0 radical (unpaired) electrons. The summed E-state index contributed by atoms with van der Waals surface area (Å²) in [5, 5.41) is 0. The maximum atomic E-state index is 5.70. The van der Waals surface area contributed by atoms with Crippen LogP contribution in [0.2, 0.25) is 6.04 Å². The fraction of sp³-hybridized carbons (Fsp3) is 0.857. The van der Waals surface area contributed by atoms with Crippen molar-refractivity contribution in [2.45, 2.75) is 31.0 Å². The molecule has 1 nitrogen and oxygen atoms in total. The van der Waals surface area contributed by atoms with Crippen molar-refractivity contribution in [2.24, 2.45) is 0 Å². The highest BCUT2D eigenvalue weighted by Gasteiger charge is 2.09. The van der Waals surface area contributed by atoms with E-state index in [9.17, 15) is 0 Å². The summed E-state index contributed by atoms with van der Waals surface area (Å²) in [6.07, 6.45) is 3.92. The average Bonchev–Trinajstić information content (AvgIpc) is 2.07. The number of hydrogen-bond donors (Lipinski definition) is 0. The molecule has 0 aromatic rings. The highest BCUT2D eigenvalue weighted by atomic mass is 35.6. The lowest BCUT2D eigenvalue weighted by atomic mass is 10.2. The van der Waals surface area contributed by atoms with E-state index in [4.69, 9.17) is 15.8 Å². The molecule has 0 aromatic carbocycles. The molecule has 1 unspecified atom stereocenters. The summed E-state index contributed by atoms with van der Waals surface area (Å²) in [7, 11) is 0.174. The molecule has 0 spiro atoms. The van der Waals surface area contributed by atoms with Gasteiger partial charge in [-0.1, -0.05) is 0 Å². The van der Waals surface area contributed by atoms with Crippen molar-refractivity contribution in [1.29, 1.82) is 0 Å².